The molecule has 0 aliphatic carbocycles. The summed E-state index contributed by atoms with van der Waals surface area (Å²) < 4.78 is 3.80. The monoisotopic (exact) mass is 344 g/mol. The lowest BCUT2D eigenvalue weighted by Gasteiger charge is -2.16. The molecule has 1 saturated heterocycles. The summed E-state index contributed by atoms with van der Waals surface area (Å²) in [4.78, 5) is 19.7. The Morgan fingerprint density at radius 1 is 1.46 bits per heavy atom. The van der Waals surface area contributed by atoms with Crippen molar-refractivity contribution >= 4 is 22.3 Å². The number of aromatic nitrogens is 4. The number of amides is 2. The molecule has 4 heterocycles. The molecule has 0 spiro atoms. The molecule has 0 radical (unpaired) electrons. The first-order valence-electron chi connectivity index (χ1n) is 8.09. The zero-order valence-electron chi connectivity index (χ0n) is 13.6. The van der Waals surface area contributed by atoms with Gasteiger partial charge in [0.25, 0.3) is 0 Å². The molecule has 0 bridgehead atoms. The number of urea groups is 1. The van der Waals surface area contributed by atoms with Crippen molar-refractivity contribution in [2.45, 2.75) is 19.4 Å². The first kappa shape index (κ1) is 15.2. The van der Waals surface area contributed by atoms with Crippen LogP contribution in [-0.2, 0) is 20.0 Å². The quantitative estimate of drug-likeness (QED) is 0.786. The van der Waals surface area contributed by atoms with Crippen molar-refractivity contribution in [1.29, 1.82) is 0 Å². The molecular formula is C16H20N6OS. The van der Waals surface area contributed by atoms with Gasteiger partial charge in [-0.05, 0) is 24.3 Å². The fraction of sp³-hybridized carbons (Fsp3) is 0.438. The van der Waals surface area contributed by atoms with Crippen molar-refractivity contribution in [2.24, 2.45) is 13.0 Å². The van der Waals surface area contributed by atoms with Gasteiger partial charge in [-0.15, -0.1) is 11.3 Å². The summed E-state index contributed by atoms with van der Waals surface area (Å²) in [6, 6.07) is 0.0000382. The van der Waals surface area contributed by atoms with Crippen LogP contribution in [0.2, 0.25) is 0 Å². The average molecular weight is 344 g/mol. The summed E-state index contributed by atoms with van der Waals surface area (Å²) in [5, 5.41) is 9.18. The Morgan fingerprint density at radius 3 is 3.17 bits per heavy atom. The predicted molar refractivity (Wildman–Crippen MR) is 91.9 cm³/mol. The molecule has 1 aliphatic heterocycles. The molecule has 2 amide bonds. The number of nitrogens with one attached hydrogen (secondary N) is 1. The maximum Gasteiger partial charge on any atom is 0.317 e. The van der Waals surface area contributed by atoms with Crippen LogP contribution in [0.15, 0.2) is 30.2 Å². The van der Waals surface area contributed by atoms with Crippen LogP contribution in [0.25, 0.3) is 4.96 Å². The van der Waals surface area contributed by atoms with E-state index in [0.717, 1.165) is 36.6 Å². The molecule has 24 heavy (non-hydrogen) atoms. The lowest BCUT2D eigenvalue weighted by molar-refractivity contribution is 0.206. The first-order valence-corrected chi connectivity index (χ1v) is 8.97. The van der Waals surface area contributed by atoms with Gasteiger partial charge in [0.2, 0.25) is 0 Å². The molecule has 3 aromatic heterocycles. The van der Waals surface area contributed by atoms with E-state index in [4.69, 9.17) is 0 Å². The number of likely N-dealkylation sites (tertiary alicyclic amines) is 1. The smallest absolute Gasteiger partial charge is 0.317 e. The number of aryl methyl sites for hydroxylation is 1. The molecule has 0 aromatic carbocycles. The van der Waals surface area contributed by atoms with Crippen LogP contribution in [0, 0.1) is 5.92 Å². The molecule has 0 saturated carbocycles. The van der Waals surface area contributed by atoms with Gasteiger partial charge in [0, 0.05) is 44.1 Å². The SMILES string of the molecule is Cn1cc(C[C@@H]2CCN(C(=O)NCc3cn4ccsc4n3)C2)cn1. The Kier molecular flexibility index (Phi) is 3.97. The van der Waals surface area contributed by atoms with Crippen LogP contribution in [0.1, 0.15) is 17.7 Å². The summed E-state index contributed by atoms with van der Waals surface area (Å²) >= 11 is 1.59. The van der Waals surface area contributed by atoms with Crippen LogP contribution >= 0.6 is 11.3 Å². The first-order chi connectivity index (χ1) is 11.7. The zero-order valence-corrected chi connectivity index (χ0v) is 14.4. The maximum atomic E-state index is 12.3. The van der Waals surface area contributed by atoms with E-state index in [1.165, 1.54) is 5.56 Å². The Bertz CT molecular complexity index is 821. The van der Waals surface area contributed by atoms with Crippen molar-refractivity contribution in [2.75, 3.05) is 13.1 Å². The number of rotatable bonds is 4. The van der Waals surface area contributed by atoms with Gasteiger partial charge in [0.1, 0.15) is 0 Å². The lowest BCUT2D eigenvalue weighted by Crippen LogP contribution is -2.38. The van der Waals surface area contributed by atoms with Gasteiger partial charge in [-0.3, -0.25) is 9.08 Å². The number of fused-ring (bicyclic) bond motifs is 1. The van der Waals surface area contributed by atoms with Crippen molar-refractivity contribution in [3.63, 3.8) is 0 Å². The predicted octanol–water partition coefficient (Wildman–Crippen LogP) is 1.90. The number of carbonyl (C=O) groups excluding carboxylic acids is 1. The number of nitrogens with zero attached hydrogens (tertiary/aromatic N) is 5. The van der Waals surface area contributed by atoms with Crippen LogP contribution < -0.4 is 5.32 Å². The highest BCUT2D eigenvalue weighted by Gasteiger charge is 2.26. The average Bonchev–Trinajstić information content (AvgIpc) is 3.29. The molecule has 126 valence electrons. The number of thiazole rings is 1. The number of imidazole rings is 1. The minimum atomic E-state index is 0.0000382. The van der Waals surface area contributed by atoms with E-state index in [-0.39, 0.29) is 6.03 Å². The number of carbonyl (C=O) groups is 1. The Morgan fingerprint density at radius 2 is 2.38 bits per heavy atom. The molecule has 1 atom stereocenters. The summed E-state index contributed by atoms with van der Waals surface area (Å²) in [6.07, 6.45) is 9.92. The van der Waals surface area contributed by atoms with E-state index in [2.05, 4.69) is 15.4 Å². The summed E-state index contributed by atoms with van der Waals surface area (Å²) in [5.41, 5.74) is 2.13. The minimum absolute atomic E-state index is 0.0000382. The van der Waals surface area contributed by atoms with E-state index in [0.29, 0.717) is 12.5 Å². The van der Waals surface area contributed by atoms with Crippen LogP contribution in [0.5, 0.6) is 0 Å². The van der Waals surface area contributed by atoms with Crippen molar-refractivity contribution in [1.82, 2.24) is 29.4 Å². The molecular weight excluding hydrogens is 324 g/mol. The van der Waals surface area contributed by atoms with E-state index in [1.54, 1.807) is 11.3 Å². The maximum absolute atomic E-state index is 12.3. The molecule has 1 aliphatic rings. The highest BCUT2D eigenvalue weighted by molar-refractivity contribution is 7.15. The second-order valence-electron chi connectivity index (χ2n) is 6.31. The molecule has 1 fully saturated rings. The standard InChI is InChI=1S/C16H20N6OS/c1-20-9-13(7-18-20)6-12-2-3-21(10-12)15(23)17-8-14-11-22-4-5-24-16(22)19-14/h4-5,7,9,11-12H,2-3,6,8,10H2,1H3,(H,17,23)/t12-/m0/s1. The van der Waals surface area contributed by atoms with Crippen LogP contribution in [0.4, 0.5) is 4.79 Å². The molecule has 4 rings (SSSR count). The Labute approximate surface area is 143 Å². The van der Waals surface area contributed by atoms with Crippen molar-refractivity contribution in [3.05, 3.63) is 41.4 Å². The van der Waals surface area contributed by atoms with E-state index in [1.807, 2.05) is 51.2 Å². The Hall–Kier alpha value is -2.35. The van der Waals surface area contributed by atoms with Gasteiger partial charge in [0.05, 0.1) is 18.4 Å². The zero-order chi connectivity index (χ0) is 16.5. The largest absolute Gasteiger partial charge is 0.332 e. The van der Waals surface area contributed by atoms with Gasteiger partial charge in [-0.25, -0.2) is 9.78 Å². The van der Waals surface area contributed by atoms with Gasteiger partial charge in [-0.2, -0.15) is 5.10 Å². The molecule has 7 nitrogen and oxygen atoms in total. The fourth-order valence-corrected chi connectivity index (χ4v) is 3.95. The third-order valence-electron chi connectivity index (χ3n) is 4.42. The fourth-order valence-electron chi connectivity index (χ4n) is 3.23. The third kappa shape index (κ3) is 3.14. The van der Waals surface area contributed by atoms with Crippen molar-refractivity contribution in [3.8, 4) is 0 Å². The summed E-state index contributed by atoms with van der Waals surface area (Å²) in [6.45, 7) is 2.09. The van der Waals surface area contributed by atoms with Gasteiger partial charge >= 0.3 is 6.03 Å². The molecule has 1 N–H and O–H groups in total. The number of hydrogen-bond donors (Lipinski definition) is 1. The normalized spacial score (nSPS) is 17.7. The van der Waals surface area contributed by atoms with E-state index < -0.39 is 0 Å². The van der Waals surface area contributed by atoms with Crippen LogP contribution in [-0.4, -0.2) is 43.2 Å². The third-order valence-corrected chi connectivity index (χ3v) is 5.19. The van der Waals surface area contributed by atoms with Gasteiger partial charge < -0.3 is 10.2 Å². The Balaban J connectivity index is 1.28. The highest BCUT2D eigenvalue weighted by Crippen LogP contribution is 2.20. The van der Waals surface area contributed by atoms with E-state index >= 15 is 0 Å². The minimum Gasteiger partial charge on any atom is -0.332 e. The van der Waals surface area contributed by atoms with Crippen LogP contribution in [0.3, 0.4) is 0 Å². The summed E-state index contributed by atoms with van der Waals surface area (Å²) in [7, 11) is 1.93. The van der Waals surface area contributed by atoms with Gasteiger partial charge in [0.15, 0.2) is 4.96 Å². The molecule has 0 unspecified atom stereocenters. The summed E-state index contributed by atoms with van der Waals surface area (Å²) in [5.74, 6) is 0.512. The number of hydrogen-bond acceptors (Lipinski definition) is 4. The van der Waals surface area contributed by atoms with E-state index in [9.17, 15) is 4.79 Å². The second-order valence-corrected chi connectivity index (χ2v) is 7.18. The molecule has 3 aromatic rings. The second kappa shape index (κ2) is 6.27. The lowest BCUT2D eigenvalue weighted by atomic mass is 10.0. The van der Waals surface area contributed by atoms with Crippen molar-refractivity contribution < 1.29 is 4.79 Å². The highest BCUT2D eigenvalue weighted by atomic mass is 32.1. The topological polar surface area (TPSA) is 67.5 Å². The van der Waals surface area contributed by atoms with Gasteiger partial charge in [-0.1, -0.05) is 0 Å². The molecule has 8 heteroatoms.